The van der Waals surface area contributed by atoms with Crippen LogP contribution in [0.1, 0.15) is 11.3 Å². The second-order valence-corrected chi connectivity index (χ2v) is 5.59. The van der Waals surface area contributed by atoms with Gasteiger partial charge in [-0.05, 0) is 42.0 Å². The van der Waals surface area contributed by atoms with E-state index in [0.29, 0.717) is 11.6 Å². The van der Waals surface area contributed by atoms with Crippen LogP contribution in [0.25, 0.3) is 10.9 Å². The molecule has 3 rings (SSSR count). The lowest BCUT2D eigenvalue weighted by Crippen LogP contribution is -2.24. The molecule has 1 amide bonds. The summed E-state index contributed by atoms with van der Waals surface area (Å²) in [5.41, 5.74) is 2.68. The molecular formula is C17H15ClN2O2. The highest BCUT2D eigenvalue weighted by atomic mass is 35.5. The number of H-pyrrole nitrogens is 1. The highest BCUT2D eigenvalue weighted by molar-refractivity contribution is 6.31. The monoisotopic (exact) mass is 314 g/mol. The van der Waals surface area contributed by atoms with Gasteiger partial charge in [0.15, 0.2) is 0 Å². The highest BCUT2D eigenvalue weighted by Gasteiger charge is 2.06. The summed E-state index contributed by atoms with van der Waals surface area (Å²) in [4.78, 5) is 15.2. The van der Waals surface area contributed by atoms with Gasteiger partial charge in [-0.3, -0.25) is 4.79 Å². The van der Waals surface area contributed by atoms with Gasteiger partial charge in [-0.1, -0.05) is 23.7 Å². The summed E-state index contributed by atoms with van der Waals surface area (Å²) >= 11 is 5.95. The van der Waals surface area contributed by atoms with Crippen molar-refractivity contribution >= 4 is 28.4 Å². The number of carbonyl (C=O) groups is 1. The molecular weight excluding hydrogens is 300 g/mol. The van der Waals surface area contributed by atoms with Gasteiger partial charge >= 0.3 is 0 Å². The van der Waals surface area contributed by atoms with Crippen molar-refractivity contribution in [1.82, 2.24) is 10.3 Å². The van der Waals surface area contributed by atoms with E-state index in [4.69, 9.17) is 11.6 Å². The van der Waals surface area contributed by atoms with Crippen LogP contribution in [-0.4, -0.2) is 16.0 Å². The fraction of sp³-hybridized carbons (Fsp3) is 0.118. The van der Waals surface area contributed by atoms with Crippen LogP contribution in [0.5, 0.6) is 5.75 Å². The number of rotatable bonds is 4. The zero-order valence-electron chi connectivity index (χ0n) is 11.8. The first kappa shape index (κ1) is 14.5. The van der Waals surface area contributed by atoms with E-state index in [1.54, 1.807) is 18.2 Å². The van der Waals surface area contributed by atoms with Gasteiger partial charge in [0.05, 0.1) is 13.0 Å². The molecule has 0 aliphatic rings. The second kappa shape index (κ2) is 6.12. The first-order chi connectivity index (χ1) is 10.6. The van der Waals surface area contributed by atoms with Crippen molar-refractivity contribution in [2.75, 3.05) is 0 Å². The maximum absolute atomic E-state index is 11.9. The lowest BCUT2D eigenvalue weighted by atomic mass is 10.1. The number of carbonyl (C=O) groups excluding carboxylic acids is 1. The number of phenols is 1. The van der Waals surface area contributed by atoms with Gasteiger partial charge in [0.2, 0.25) is 5.91 Å². The number of hydrogen-bond donors (Lipinski definition) is 3. The third kappa shape index (κ3) is 3.40. The summed E-state index contributed by atoms with van der Waals surface area (Å²) in [6, 6.07) is 14.3. The molecule has 1 heterocycles. The van der Waals surface area contributed by atoms with Gasteiger partial charge in [0, 0.05) is 21.6 Å². The highest BCUT2D eigenvalue weighted by Crippen LogP contribution is 2.20. The van der Waals surface area contributed by atoms with E-state index in [-0.39, 0.29) is 18.1 Å². The lowest BCUT2D eigenvalue weighted by molar-refractivity contribution is -0.120. The Morgan fingerprint density at radius 1 is 1.18 bits per heavy atom. The maximum atomic E-state index is 11.9. The van der Waals surface area contributed by atoms with Crippen molar-refractivity contribution in [3.8, 4) is 5.75 Å². The zero-order valence-corrected chi connectivity index (χ0v) is 12.5. The molecule has 0 radical (unpaired) electrons. The van der Waals surface area contributed by atoms with Crippen molar-refractivity contribution in [2.24, 2.45) is 0 Å². The topological polar surface area (TPSA) is 65.1 Å². The fourth-order valence-electron chi connectivity index (χ4n) is 2.37. The minimum Gasteiger partial charge on any atom is -0.508 e. The van der Waals surface area contributed by atoms with Crippen LogP contribution in [0.2, 0.25) is 5.02 Å². The summed E-state index contributed by atoms with van der Waals surface area (Å²) in [6.45, 7) is 0.421. The molecule has 0 bridgehead atoms. The first-order valence-corrected chi connectivity index (χ1v) is 7.30. The number of fused-ring (bicyclic) bond motifs is 1. The van der Waals surface area contributed by atoms with Gasteiger partial charge < -0.3 is 15.4 Å². The average molecular weight is 315 g/mol. The molecule has 4 nitrogen and oxygen atoms in total. The molecule has 112 valence electrons. The molecule has 0 spiro atoms. The molecule has 0 saturated carbocycles. The maximum Gasteiger partial charge on any atom is 0.224 e. The van der Waals surface area contributed by atoms with Crippen LogP contribution < -0.4 is 5.32 Å². The van der Waals surface area contributed by atoms with E-state index in [9.17, 15) is 9.90 Å². The Morgan fingerprint density at radius 3 is 2.86 bits per heavy atom. The standard InChI is InChI=1S/C17H15ClN2O2/c18-13-4-5-16-12(8-13)9-14(20-16)10-19-17(22)7-11-2-1-3-15(21)6-11/h1-6,8-9,20-21H,7,10H2,(H,19,22). The molecule has 22 heavy (non-hydrogen) atoms. The third-order valence-corrected chi connectivity index (χ3v) is 3.62. The zero-order chi connectivity index (χ0) is 15.5. The quantitative estimate of drug-likeness (QED) is 0.691. The Labute approximate surface area is 132 Å². The Morgan fingerprint density at radius 2 is 2.05 bits per heavy atom. The summed E-state index contributed by atoms with van der Waals surface area (Å²) < 4.78 is 0. The summed E-state index contributed by atoms with van der Waals surface area (Å²) in [5, 5.41) is 14.0. The van der Waals surface area contributed by atoms with Crippen molar-refractivity contribution < 1.29 is 9.90 Å². The number of hydrogen-bond acceptors (Lipinski definition) is 2. The second-order valence-electron chi connectivity index (χ2n) is 5.15. The Balaban J connectivity index is 1.62. The largest absolute Gasteiger partial charge is 0.508 e. The summed E-state index contributed by atoms with van der Waals surface area (Å²) in [5.74, 6) is 0.0695. The van der Waals surface area contributed by atoms with Crippen molar-refractivity contribution in [1.29, 1.82) is 0 Å². The number of halogens is 1. The number of aromatic nitrogens is 1. The Kier molecular flexibility index (Phi) is 4.02. The lowest BCUT2D eigenvalue weighted by Gasteiger charge is -2.04. The van der Waals surface area contributed by atoms with E-state index in [0.717, 1.165) is 22.2 Å². The fourth-order valence-corrected chi connectivity index (χ4v) is 2.55. The molecule has 3 N–H and O–H groups in total. The van der Waals surface area contributed by atoms with Gasteiger partial charge in [-0.25, -0.2) is 0 Å². The van der Waals surface area contributed by atoms with Gasteiger partial charge in [0.1, 0.15) is 5.75 Å². The van der Waals surface area contributed by atoms with Crippen LogP contribution in [0, 0.1) is 0 Å². The van der Waals surface area contributed by atoms with Crippen LogP contribution in [0.4, 0.5) is 0 Å². The smallest absolute Gasteiger partial charge is 0.224 e. The van der Waals surface area contributed by atoms with Gasteiger partial charge in [0.25, 0.3) is 0 Å². The normalized spacial score (nSPS) is 10.8. The minimum absolute atomic E-state index is 0.0951. The van der Waals surface area contributed by atoms with Crippen molar-refractivity contribution in [3.05, 3.63) is 64.8 Å². The first-order valence-electron chi connectivity index (χ1n) is 6.92. The third-order valence-electron chi connectivity index (χ3n) is 3.39. The van der Waals surface area contributed by atoms with Crippen LogP contribution >= 0.6 is 11.6 Å². The molecule has 0 aliphatic carbocycles. The minimum atomic E-state index is -0.0951. The predicted octanol–water partition coefficient (Wildman–Crippen LogP) is 3.39. The van der Waals surface area contributed by atoms with Crippen LogP contribution in [-0.2, 0) is 17.8 Å². The van der Waals surface area contributed by atoms with E-state index < -0.39 is 0 Å². The molecule has 0 atom stereocenters. The average Bonchev–Trinajstić information content (AvgIpc) is 2.87. The SMILES string of the molecule is O=C(Cc1cccc(O)c1)NCc1cc2cc(Cl)ccc2[nH]1. The van der Waals surface area contributed by atoms with E-state index in [2.05, 4.69) is 10.3 Å². The Hall–Kier alpha value is -2.46. The molecule has 0 aliphatic heterocycles. The predicted molar refractivity (Wildman–Crippen MR) is 87.0 cm³/mol. The van der Waals surface area contributed by atoms with Crippen LogP contribution in [0.15, 0.2) is 48.5 Å². The number of benzene rings is 2. The number of amides is 1. The van der Waals surface area contributed by atoms with Crippen molar-refractivity contribution in [3.63, 3.8) is 0 Å². The molecule has 0 fully saturated rings. The molecule has 1 aromatic heterocycles. The van der Waals surface area contributed by atoms with Crippen molar-refractivity contribution in [2.45, 2.75) is 13.0 Å². The molecule has 3 aromatic rings. The Bertz CT molecular complexity index is 826. The molecule has 2 aromatic carbocycles. The number of aromatic hydroxyl groups is 1. The van der Waals surface area contributed by atoms with Gasteiger partial charge in [-0.15, -0.1) is 0 Å². The molecule has 0 unspecified atom stereocenters. The van der Waals surface area contributed by atoms with E-state index in [1.807, 2.05) is 30.3 Å². The molecule has 0 saturated heterocycles. The van der Waals surface area contributed by atoms with Crippen LogP contribution in [0.3, 0.4) is 0 Å². The molecule has 5 heteroatoms. The van der Waals surface area contributed by atoms with E-state index in [1.165, 1.54) is 0 Å². The summed E-state index contributed by atoms with van der Waals surface area (Å²) in [7, 11) is 0. The number of phenolic OH excluding ortho intramolecular Hbond substituents is 1. The number of aromatic amines is 1. The van der Waals surface area contributed by atoms with Gasteiger partial charge in [-0.2, -0.15) is 0 Å². The summed E-state index contributed by atoms with van der Waals surface area (Å²) in [6.07, 6.45) is 0.237. The van der Waals surface area contributed by atoms with E-state index >= 15 is 0 Å². The number of nitrogens with one attached hydrogen (secondary N) is 2.